The fourth-order valence-corrected chi connectivity index (χ4v) is 2.82. The molecule has 124 valence electrons. The molecule has 6 heteroatoms. The molecule has 3 rings (SSSR count). The van der Waals surface area contributed by atoms with Gasteiger partial charge < -0.3 is 14.5 Å². The van der Waals surface area contributed by atoms with E-state index in [0.717, 1.165) is 11.1 Å². The van der Waals surface area contributed by atoms with Crippen LogP contribution in [0.4, 0.5) is 5.69 Å². The number of para-hydroxylation sites is 1. The van der Waals surface area contributed by atoms with Crippen LogP contribution in [0.25, 0.3) is 11.0 Å². The van der Waals surface area contributed by atoms with Crippen molar-refractivity contribution in [3.8, 4) is 0 Å². The second-order valence-corrected chi connectivity index (χ2v) is 5.95. The second-order valence-electron chi connectivity index (χ2n) is 5.10. The minimum Gasteiger partial charge on any atom is -0.460 e. The van der Waals surface area contributed by atoms with Crippen LogP contribution >= 0.6 is 23.2 Å². The Balaban J connectivity index is 2.00. The van der Waals surface area contributed by atoms with Crippen LogP contribution in [-0.2, 0) is 11.3 Å². The van der Waals surface area contributed by atoms with Gasteiger partial charge in [0.2, 0.25) is 5.76 Å². The molecule has 0 aliphatic rings. The molecule has 0 radical (unpaired) electrons. The molecule has 3 aromatic rings. The van der Waals surface area contributed by atoms with Crippen molar-refractivity contribution >= 4 is 45.8 Å². The standard InChI is InChI=1S/C18H15Cl2NO3/c1-2-23-18(22)17-13(10-21-15-6-4-3-5-14(15)20)12-9-11(19)7-8-16(12)24-17/h3-9,21H,2,10H2,1H3. The zero-order valence-electron chi connectivity index (χ0n) is 12.9. The van der Waals surface area contributed by atoms with Gasteiger partial charge in [-0.05, 0) is 37.3 Å². The Kier molecular flexibility index (Phi) is 4.97. The maximum atomic E-state index is 12.2. The molecule has 4 nitrogen and oxygen atoms in total. The van der Waals surface area contributed by atoms with Crippen molar-refractivity contribution in [3.63, 3.8) is 0 Å². The van der Waals surface area contributed by atoms with Gasteiger partial charge in [0.05, 0.1) is 17.3 Å². The third-order valence-electron chi connectivity index (χ3n) is 3.54. The molecular formula is C18H15Cl2NO3. The van der Waals surface area contributed by atoms with Gasteiger partial charge in [0.25, 0.3) is 0 Å². The van der Waals surface area contributed by atoms with Crippen LogP contribution in [0.3, 0.4) is 0 Å². The topological polar surface area (TPSA) is 51.5 Å². The molecule has 1 N–H and O–H groups in total. The van der Waals surface area contributed by atoms with E-state index >= 15 is 0 Å². The first kappa shape index (κ1) is 16.7. The molecule has 0 aliphatic carbocycles. The Labute approximate surface area is 149 Å². The van der Waals surface area contributed by atoms with Crippen molar-refractivity contribution in [2.75, 3.05) is 11.9 Å². The Morgan fingerprint density at radius 2 is 2.00 bits per heavy atom. The van der Waals surface area contributed by atoms with E-state index in [1.54, 1.807) is 31.2 Å². The van der Waals surface area contributed by atoms with Gasteiger partial charge in [-0.3, -0.25) is 0 Å². The summed E-state index contributed by atoms with van der Waals surface area (Å²) in [5, 5.41) is 5.16. The van der Waals surface area contributed by atoms with E-state index in [2.05, 4.69) is 5.32 Å². The number of carbonyl (C=O) groups is 1. The van der Waals surface area contributed by atoms with Gasteiger partial charge in [0.1, 0.15) is 5.58 Å². The molecule has 2 aromatic carbocycles. The zero-order chi connectivity index (χ0) is 17.1. The van der Waals surface area contributed by atoms with Crippen LogP contribution in [0.5, 0.6) is 0 Å². The van der Waals surface area contributed by atoms with E-state index < -0.39 is 5.97 Å². The maximum absolute atomic E-state index is 12.2. The molecule has 0 aliphatic heterocycles. The molecular weight excluding hydrogens is 349 g/mol. The van der Waals surface area contributed by atoms with Crippen LogP contribution in [0, 0.1) is 0 Å². The quantitative estimate of drug-likeness (QED) is 0.605. The van der Waals surface area contributed by atoms with Crippen molar-refractivity contribution in [1.29, 1.82) is 0 Å². The summed E-state index contributed by atoms with van der Waals surface area (Å²) in [7, 11) is 0. The Morgan fingerprint density at radius 1 is 1.21 bits per heavy atom. The summed E-state index contributed by atoms with van der Waals surface area (Å²) in [6.07, 6.45) is 0. The highest BCUT2D eigenvalue weighted by molar-refractivity contribution is 6.33. The van der Waals surface area contributed by atoms with Crippen LogP contribution in [0.1, 0.15) is 23.0 Å². The number of hydrogen-bond acceptors (Lipinski definition) is 4. The molecule has 1 heterocycles. The predicted octanol–water partition coefficient (Wildman–Crippen LogP) is 5.53. The van der Waals surface area contributed by atoms with E-state index in [-0.39, 0.29) is 12.4 Å². The van der Waals surface area contributed by atoms with Crippen molar-refractivity contribution in [3.05, 3.63) is 63.8 Å². The van der Waals surface area contributed by atoms with Gasteiger partial charge in [-0.1, -0.05) is 35.3 Å². The van der Waals surface area contributed by atoms with Crippen LogP contribution in [0.15, 0.2) is 46.9 Å². The number of esters is 1. The van der Waals surface area contributed by atoms with Crippen LogP contribution in [0.2, 0.25) is 10.0 Å². The molecule has 0 bridgehead atoms. The number of carbonyl (C=O) groups excluding carboxylic acids is 1. The first-order valence-corrected chi connectivity index (χ1v) is 8.22. The summed E-state index contributed by atoms with van der Waals surface area (Å²) in [4.78, 5) is 12.2. The second kappa shape index (κ2) is 7.16. The summed E-state index contributed by atoms with van der Waals surface area (Å²) in [5.74, 6) is -0.325. The van der Waals surface area contributed by atoms with Gasteiger partial charge in [0.15, 0.2) is 0 Å². The summed E-state index contributed by atoms with van der Waals surface area (Å²) in [6.45, 7) is 2.37. The van der Waals surface area contributed by atoms with E-state index in [0.29, 0.717) is 27.7 Å². The molecule has 0 unspecified atom stereocenters. The molecule has 24 heavy (non-hydrogen) atoms. The predicted molar refractivity (Wildman–Crippen MR) is 96.0 cm³/mol. The highest BCUT2D eigenvalue weighted by Crippen LogP contribution is 2.30. The van der Waals surface area contributed by atoms with Crippen LogP contribution in [-0.4, -0.2) is 12.6 Å². The number of hydrogen-bond donors (Lipinski definition) is 1. The number of benzene rings is 2. The monoisotopic (exact) mass is 363 g/mol. The summed E-state index contributed by atoms with van der Waals surface area (Å²) in [5.41, 5.74) is 2.04. The van der Waals surface area contributed by atoms with E-state index in [1.165, 1.54) is 0 Å². The average Bonchev–Trinajstić information content (AvgIpc) is 2.92. The van der Waals surface area contributed by atoms with E-state index in [1.807, 2.05) is 18.2 Å². The van der Waals surface area contributed by atoms with Crippen molar-refractivity contribution in [2.24, 2.45) is 0 Å². The first-order chi connectivity index (χ1) is 11.6. The molecule has 1 aromatic heterocycles. The number of halogens is 2. The highest BCUT2D eigenvalue weighted by atomic mass is 35.5. The fraction of sp³-hybridized carbons (Fsp3) is 0.167. The van der Waals surface area contributed by atoms with Gasteiger partial charge in [-0.15, -0.1) is 0 Å². The Morgan fingerprint density at radius 3 is 2.75 bits per heavy atom. The summed E-state index contributed by atoms with van der Waals surface area (Å²) < 4.78 is 10.8. The molecule has 0 atom stereocenters. The van der Waals surface area contributed by atoms with E-state index in [9.17, 15) is 4.79 Å². The maximum Gasteiger partial charge on any atom is 0.374 e. The van der Waals surface area contributed by atoms with Gasteiger partial charge in [-0.2, -0.15) is 0 Å². The molecule has 0 amide bonds. The minimum absolute atomic E-state index is 0.175. The molecule has 0 spiro atoms. The van der Waals surface area contributed by atoms with Crippen molar-refractivity contribution in [2.45, 2.75) is 13.5 Å². The lowest BCUT2D eigenvalue weighted by Crippen LogP contribution is -2.09. The number of anilines is 1. The normalized spacial score (nSPS) is 10.8. The summed E-state index contributed by atoms with van der Waals surface area (Å²) >= 11 is 12.2. The number of ether oxygens (including phenoxy) is 1. The lowest BCUT2D eigenvalue weighted by molar-refractivity contribution is 0.0491. The number of rotatable bonds is 5. The Bertz CT molecular complexity index is 889. The Hall–Kier alpha value is -2.17. The average molecular weight is 364 g/mol. The number of fused-ring (bicyclic) bond motifs is 1. The van der Waals surface area contributed by atoms with Crippen molar-refractivity contribution < 1.29 is 13.9 Å². The van der Waals surface area contributed by atoms with Crippen LogP contribution < -0.4 is 5.32 Å². The van der Waals surface area contributed by atoms with E-state index in [4.69, 9.17) is 32.4 Å². The third kappa shape index (κ3) is 3.35. The number of furan rings is 1. The summed E-state index contributed by atoms with van der Waals surface area (Å²) in [6, 6.07) is 12.6. The van der Waals surface area contributed by atoms with Gasteiger partial charge >= 0.3 is 5.97 Å². The third-order valence-corrected chi connectivity index (χ3v) is 4.11. The lowest BCUT2D eigenvalue weighted by Gasteiger charge is -2.08. The zero-order valence-corrected chi connectivity index (χ0v) is 14.4. The smallest absolute Gasteiger partial charge is 0.374 e. The lowest BCUT2D eigenvalue weighted by atomic mass is 10.1. The first-order valence-electron chi connectivity index (χ1n) is 7.46. The van der Waals surface area contributed by atoms with Crippen molar-refractivity contribution in [1.82, 2.24) is 0 Å². The largest absolute Gasteiger partial charge is 0.460 e. The molecule has 0 saturated heterocycles. The SMILES string of the molecule is CCOC(=O)c1oc2ccc(Cl)cc2c1CNc1ccccc1Cl. The minimum atomic E-state index is -0.499. The molecule has 0 fully saturated rings. The van der Waals surface area contributed by atoms with Gasteiger partial charge in [-0.25, -0.2) is 4.79 Å². The molecule has 0 saturated carbocycles. The van der Waals surface area contributed by atoms with Gasteiger partial charge in [0, 0.05) is 22.5 Å². The number of nitrogens with one attached hydrogen (secondary N) is 1. The fourth-order valence-electron chi connectivity index (χ4n) is 2.45. The highest BCUT2D eigenvalue weighted by Gasteiger charge is 2.22.